The lowest BCUT2D eigenvalue weighted by Crippen LogP contribution is -2.40. The summed E-state index contributed by atoms with van der Waals surface area (Å²) in [6, 6.07) is 6.17. The maximum Gasteiger partial charge on any atom is 0.222 e. The predicted molar refractivity (Wildman–Crippen MR) is 59.1 cm³/mol. The van der Waals surface area contributed by atoms with Gasteiger partial charge >= 0.3 is 0 Å². The first-order valence-electron chi connectivity index (χ1n) is 5.46. The zero-order valence-corrected chi connectivity index (χ0v) is 8.95. The highest BCUT2D eigenvalue weighted by Crippen LogP contribution is 2.29. The van der Waals surface area contributed by atoms with Crippen LogP contribution in [0.5, 0.6) is 0 Å². The third-order valence-corrected chi connectivity index (χ3v) is 3.03. The minimum atomic E-state index is -0.318. The summed E-state index contributed by atoms with van der Waals surface area (Å²) < 4.78 is 13.1. The molecule has 1 aromatic carbocycles. The van der Waals surface area contributed by atoms with Crippen LogP contribution in [0, 0.1) is 11.7 Å². The van der Waals surface area contributed by atoms with E-state index in [-0.39, 0.29) is 23.7 Å². The molecule has 3 nitrogen and oxygen atoms in total. The van der Waals surface area contributed by atoms with E-state index in [9.17, 15) is 9.18 Å². The summed E-state index contributed by atoms with van der Waals surface area (Å²) >= 11 is 0. The molecule has 1 fully saturated rings. The maximum atomic E-state index is 13.1. The Balaban J connectivity index is 2.26. The summed E-state index contributed by atoms with van der Waals surface area (Å²) in [7, 11) is 0. The molecule has 0 aromatic heterocycles. The summed E-state index contributed by atoms with van der Waals surface area (Å²) in [6.07, 6.45) is 1.70. The van der Waals surface area contributed by atoms with E-state index in [4.69, 9.17) is 5.73 Å². The van der Waals surface area contributed by atoms with Gasteiger partial charge < -0.3 is 11.1 Å². The van der Waals surface area contributed by atoms with Gasteiger partial charge in [-0.2, -0.15) is 0 Å². The second kappa shape index (κ2) is 4.61. The lowest BCUT2D eigenvalue weighted by molar-refractivity contribution is -0.123. The van der Waals surface area contributed by atoms with Crippen molar-refractivity contribution < 1.29 is 9.18 Å². The van der Waals surface area contributed by atoms with Gasteiger partial charge in [-0.3, -0.25) is 4.79 Å². The molecule has 0 radical (unpaired) electrons. The highest BCUT2D eigenvalue weighted by atomic mass is 19.1. The standard InChI is InChI=1S/C12H15FN2O/c13-9-4-1-3-8(7-9)11-10(12(14)16)5-2-6-15-11/h1,3-4,7,10-11,15H,2,5-6H2,(H2,14,16). The number of piperidine rings is 1. The van der Waals surface area contributed by atoms with E-state index in [1.807, 2.05) is 6.07 Å². The summed E-state index contributed by atoms with van der Waals surface area (Å²) in [4.78, 5) is 11.3. The average molecular weight is 222 g/mol. The quantitative estimate of drug-likeness (QED) is 0.793. The van der Waals surface area contributed by atoms with Crippen LogP contribution in [0.2, 0.25) is 0 Å². The first-order chi connectivity index (χ1) is 7.68. The molecule has 1 saturated heterocycles. The lowest BCUT2D eigenvalue weighted by Gasteiger charge is -2.30. The van der Waals surface area contributed by atoms with Gasteiger partial charge in [-0.25, -0.2) is 4.39 Å². The van der Waals surface area contributed by atoms with Crippen molar-refractivity contribution in [3.63, 3.8) is 0 Å². The molecule has 0 saturated carbocycles. The number of nitrogens with two attached hydrogens (primary N) is 1. The molecule has 3 N–H and O–H groups in total. The third kappa shape index (κ3) is 2.22. The average Bonchev–Trinajstić information content (AvgIpc) is 2.29. The molecule has 2 atom stereocenters. The number of nitrogens with one attached hydrogen (secondary N) is 1. The molecular weight excluding hydrogens is 207 g/mol. The second-order valence-corrected chi connectivity index (χ2v) is 4.14. The molecule has 1 amide bonds. The van der Waals surface area contributed by atoms with Crippen LogP contribution in [0.4, 0.5) is 4.39 Å². The fraction of sp³-hybridized carbons (Fsp3) is 0.417. The minimum absolute atomic E-state index is 0.151. The first-order valence-corrected chi connectivity index (χ1v) is 5.46. The van der Waals surface area contributed by atoms with Crippen molar-refractivity contribution in [3.8, 4) is 0 Å². The molecule has 1 aliphatic rings. The smallest absolute Gasteiger partial charge is 0.222 e. The van der Waals surface area contributed by atoms with Gasteiger partial charge in [0.15, 0.2) is 0 Å². The summed E-state index contributed by atoms with van der Waals surface area (Å²) in [5.74, 6) is -0.842. The van der Waals surface area contributed by atoms with Crippen molar-refractivity contribution in [2.24, 2.45) is 11.7 Å². The molecule has 1 aliphatic heterocycles. The van der Waals surface area contributed by atoms with Gasteiger partial charge in [-0.05, 0) is 37.1 Å². The van der Waals surface area contributed by atoms with Gasteiger partial charge in [0.25, 0.3) is 0 Å². The molecular formula is C12H15FN2O. The Labute approximate surface area is 93.8 Å². The Kier molecular flexibility index (Phi) is 3.19. The van der Waals surface area contributed by atoms with Crippen molar-refractivity contribution in [2.75, 3.05) is 6.54 Å². The van der Waals surface area contributed by atoms with Crippen LogP contribution >= 0.6 is 0 Å². The number of primary amides is 1. The molecule has 1 heterocycles. The normalized spacial score (nSPS) is 25.3. The Morgan fingerprint density at radius 1 is 1.50 bits per heavy atom. The zero-order valence-electron chi connectivity index (χ0n) is 8.95. The summed E-state index contributed by atoms with van der Waals surface area (Å²) in [5.41, 5.74) is 6.16. The maximum absolute atomic E-state index is 13.1. The Morgan fingerprint density at radius 2 is 2.31 bits per heavy atom. The fourth-order valence-corrected chi connectivity index (χ4v) is 2.25. The Bertz CT molecular complexity index is 394. The van der Waals surface area contributed by atoms with E-state index in [1.54, 1.807) is 6.07 Å². The molecule has 86 valence electrons. The number of amides is 1. The number of hydrogen-bond donors (Lipinski definition) is 2. The van der Waals surface area contributed by atoms with Crippen molar-refractivity contribution in [1.82, 2.24) is 5.32 Å². The SMILES string of the molecule is NC(=O)C1CCCNC1c1cccc(F)c1. The highest BCUT2D eigenvalue weighted by Gasteiger charge is 2.30. The molecule has 2 rings (SSSR count). The first kappa shape index (κ1) is 11.1. The number of rotatable bonds is 2. The topological polar surface area (TPSA) is 55.1 Å². The van der Waals surface area contributed by atoms with Gasteiger partial charge in [0.1, 0.15) is 5.82 Å². The van der Waals surface area contributed by atoms with Crippen molar-refractivity contribution >= 4 is 5.91 Å². The largest absolute Gasteiger partial charge is 0.369 e. The van der Waals surface area contributed by atoms with Gasteiger partial charge in [-0.15, -0.1) is 0 Å². The van der Waals surface area contributed by atoms with E-state index in [1.165, 1.54) is 12.1 Å². The number of benzene rings is 1. The Morgan fingerprint density at radius 3 is 3.00 bits per heavy atom. The van der Waals surface area contributed by atoms with Gasteiger partial charge in [-0.1, -0.05) is 12.1 Å². The molecule has 16 heavy (non-hydrogen) atoms. The van der Waals surface area contributed by atoms with Crippen molar-refractivity contribution in [3.05, 3.63) is 35.6 Å². The number of carbonyl (C=O) groups excluding carboxylic acids is 1. The van der Waals surface area contributed by atoms with Crippen LogP contribution < -0.4 is 11.1 Å². The highest BCUT2D eigenvalue weighted by molar-refractivity contribution is 5.77. The third-order valence-electron chi connectivity index (χ3n) is 3.03. The van der Waals surface area contributed by atoms with Gasteiger partial charge in [0.2, 0.25) is 5.91 Å². The van der Waals surface area contributed by atoms with Crippen LogP contribution in [0.15, 0.2) is 24.3 Å². The summed E-state index contributed by atoms with van der Waals surface area (Å²) in [5, 5.41) is 3.23. The number of carbonyl (C=O) groups is 1. The second-order valence-electron chi connectivity index (χ2n) is 4.14. The van der Waals surface area contributed by atoms with Crippen LogP contribution in [0.25, 0.3) is 0 Å². The monoisotopic (exact) mass is 222 g/mol. The van der Waals surface area contributed by atoms with E-state index in [0.29, 0.717) is 0 Å². The van der Waals surface area contributed by atoms with Crippen molar-refractivity contribution in [2.45, 2.75) is 18.9 Å². The molecule has 4 heteroatoms. The van der Waals surface area contributed by atoms with E-state index >= 15 is 0 Å². The molecule has 0 bridgehead atoms. The van der Waals surface area contributed by atoms with Crippen LogP contribution in [0.1, 0.15) is 24.4 Å². The molecule has 2 unspecified atom stereocenters. The lowest BCUT2D eigenvalue weighted by atomic mass is 9.86. The summed E-state index contributed by atoms with van der Waals surface area (Å²) in [6.45, 7) is 0.838. The Hall–Kier alpha value is -1.42. The molecule has 1 aromatic rings. The molecule has 0 spiro atoms. The van der Waals surface area contributed by atoms with Gasteiger partial charge in [0, 0.05) is 6.04 Å². The molecule has 0 aliphatic carbocycles. The van der Waals surface area contributed by atoms with E-state index in [0.717, 1.165) is 24.9 Å². The van der Waals surface area contributed by atoms with E-state index in [2.05, 4.69) is 5.32 Å². The van der Waals surface area contributed by atoms with Crippen LogP contribution in [-0.4, -0.2) is 12.5 Å². The minimum Gasteiger partial charge on any atom is -0.369 e. The van der Waals surface area contributed by atoms with E-state index < -0.39 is 0 Å². The number of halogens is 1. The number of hydrogen-bond acceptors (Lipinski definition) is 2. The van der Waals surface area contributed by atoms with Crippen LogP contribution in [0.3, 0.4) is 0 Å². The zero-order chi connectivity index (χ0) is 11.5. The fourth-order valence-electron chi connectivity index (χ4n) is 2.25. The van der Waals surface area contributed by atoms with Gasteiger partial charge in [0.05, 0.1) is 5.92 Å². The predicted octanol–water partition coefficient (Wildman–Crippen LogP) is 1.35. The van der Waals surface area contributed by atoms with Crippen LogP contribution in [-0.2, 0) is 4.79 Å². The van der Waals surface area contributed by atoms with Crippen molar-refractivity contribution in [1.29, 1.82) is 0 Å².